The van der Waals surface area contributed by atoms with Crippen LogP contribution in [0.1, 0.15) is 17.5 Å². The first kappa shape index (κ1) is 26.8. The number of aromatic nitrogens is 1. The summed E-state index contributed by atoms with van der Waals surface area (Å²) >= 11 is 1.94. The highest BCUT2D eigenvalue weighted by Gasteiger charge is 2.27. The zero-order valence-corrected chi connectivity index (χ0v) is 26.0. The Morgan fingerprint density at radius 3 is 2.20 bits per heavy atom. The lowest BCUT2D eigenvalue weighted by Gasteiger charge is -2.15. The van der Waals surface area contributed by atoms with Gasteiger partial charge in [0.25, 0.3) is 0 Å². The molecule has 0 saturated carbocycles. The summed E-state index contributed by atoms with van der Waals surface area (Å²) in [6, 6.07) is 56.7. The van der Waals surface area contributed by atoms with Crippen molar-refractivity contribution in [3.63, 3.8) is 0 Å². The summed E-state index contributed by atoms with van der Waals surface area (Å²) in [5.41, 5.74) is 13.7. The van der Waals surface area contributed by atoms with E-state index in [2.05, 4.69) is 162 Å². The van der Waals surface area contributed by atoms with Crippen LogP contribution < -0.4 is 0 Å². The van der Waals surface area contributed by atoms with Crippen molar-refractivity contribution in [1.82, 2.24) is 4.57 Å². The fraction of sp³-hybridized carbons (Fsp3) is 0.0455. The molecule has 1 aliphatic carbocycles. The van der Waals surface area contributed by atoms with Gasteiger partial charge < -0.3 is 4.57 Å². The van der Waals surface area contributed by atoms with E-state index in [1.807, 2.05) is 17.4 Å². The van der Waals surface area contributed by atoms with Crippen LogP contribution in [0.2, 0.25) is 0 Å². The maximum absolute atomic E-state index is 3.45. The molecule has 2 heterocycles. The van der Waals surface area contributed by atoms with E-state index < -0.39 is 0 Å². The van der Waals surface area contributed by atoms with Crippen LogP contribution in [0.15, 0.2) is 146 Å². The smallest absolute Gasteiger partial charge is 0.0548 e. The number of para-hydroxylation sites is 2. The number of hydrogen-bond acceptors (Lipinski definition) is 1. The Hall–Kier alpha value is -5.62. The normalized spacial score (nSPS) is 12.3. The quantitative estimate of drug-likeness (QED) is 0.184. The number of nitrogens with zero attached hydrogens (tertiary/aromatic N) is 1. The molecule has 0 amide bonds. The van der Waals surface area contributed by atoms with E-state index in [1.54, 1.807) is 0 Å². The maximum atomic E-state index is 3.45. The fourth-order valence-electron chi connectivity index (χ4n) is 7.17. The summed E-state index contributed by atoms with van der Waals surface area (Å²) in [5.74, 6) is 0. The molecule has 0 radical (unpaired) electrons. The molecule has 0 fully saturated rings. The lowest BCUT2D eigenvalue weighted by atomic mass is 9.88. The van der Waals surface area contributed by atoms with Crippen molar-refractivity contribution in [3.8, 4) is 48.8 Å². The number of hydrogen-bond donors (Lipinski definition) is 0. The highest BCUT2D eigenvalue weighted by Crippen LogP contribution is 2.52. The first-order chi connectivity index (χ1) is 22.9. The van der Waals surface area contributed by atoms with Gasteiger partial charge in [0, 0.05) is 42.9 Å². The molecular weight excluding hydrogens is 575 g/mol. The van der Waals surface area contributed by atoms with Crippen LogP contribution >= 0.6 is 11.3 Å². The van der Waals surface area contributed by atoms with Crippen molar-refractivity contribution in [3.05, 3.63) is 169 Å². The second-order valence-corrected chi connectivity index (χ2v) is 12.8. The third kappa shape index (κ3) is 4.25. The van der Waals surface area contributed by atoms with Crippen LogP contribution in [-0.2, 0) is 6.42 Å². The molecule has 0 N–H and O–H groups in total. The summed E-state index contributed by atoms with van der Waals surface area (Å²) in [7, 11) is 0. The number of thiophene rings is 1. The molecule has 8 aromatic rings. The van der Waals surface area contributed by atoms with E-state index in [0.717, 1.165) is 18.4 Å². The summed E-state index contributed by atoms with van der Waals surface area (Å²) in [4.78, 5) is 2.68. The molecule has 0 bridgehead atoms. The van der Waals surface area contributed by atoms with Crippen LogP contribution in [0, 0.1) is 12.1 Å². The van der Waals surface area contributed by atoms with E-state index in [4.69, 9.17) is 0 Å². The highest BCUT2D eigenvalue weighted by atomic mass is 32.1. The van der Waals surface area contributed by atoms with Gasteiger partial charge in [0.1, 0.15) is 0 Å². The molecule has 6 aromatic carbocycles. The second-order valence-electron chi connectivity index (χ2n) is 11.8. The van der Waals surface area contributed by atoms with Gasteiger partial charge in [-0.05, 0) is 77.1 Å². The van der Waals surface area contributed by atoms with E-state index in [-0.39, 0.29) is 0 Å². The number of allylic oxidation sites excluding steroid dienone is 1. The summed E-state index contributed by atoms with van der Waals surface area (Å²) in [6.07, 6.45) is 6.77. The van der Waals surface area contributed by atoms with Crippen molar-refractivity contribution < 1.29 is 0 Å². The third-order valence-electron chi connectivity index (χ3n) is 9.17. The van der Waals surface area contributed by atoms with Crippen LogP contribution in [0.5, 0.6) is 0 Å². The van der Waals surface area contributed by atoms with Crippen LogP contribution in [0.3, 0.4) is 0 Å². The molecule has 216 valence electrons. The fourth-order valence-corrected chi connectivity index (χ4v) is 8.61. The molecule has 0 spiro atoms. The van der Waals surface area contributed by atoms with Gasteiger partial charge in [-0.2, -0.15) is 0 Å². The van der Waals surface area contributed by atoms with Crippen molar-refractivity contribution in [2.75, 3.05) is 0 Å². The SMILES string of the molecule is c1cccc(-c2ccc3c(c2-c2sc(-c4ccccc4-c4ccccc4)c4c2CCC=C4)c2ccccc2n3-c2ccccc2)c#1. The first-order valence-electron chi connectivity index (χ1n) is 15.8. The van der Waals surface area contributed by atoms with Crippen molar-refractivity contribution in [2.45, 2.75) is 12.8 Å². The van der Waals surface area contributed by atoms with Gasteiger partial charge in [0.05, 0.1) is 11.0 Å². The van der Waals surface area contributed by atoms with Gasteiger partial charge in [-0.25, -0.2) is 0 Å². The monoisotopic (exact) mass is 603 g/mol. The number of rotatable bonds is 5. The number of benzene rings is 5. The zero-order valence-electron chi connectivity index (χ0n) is 25.2. The van der Waals surface area contributed by atoms with E-state index in [9.17, 15) is 0 Å². The minimum absolute atomic E-state index is 1.02. The Bertz CT molecular complexity index is 2390. The second kappa shape index (κ2) is 11.1. The molecule has 0 saturated heterocycles. The van der Waals surface area contributed by atoms with Crippen molar-refractivity contribution in [2.24, 2.45) is 0 Å². The summed E-state index contributed by atoms with van der Waals surface area (Å²) < 4.78 is 2.42. The third-order valence-corrected chi connectivity index (χ3v) is 10.5. The van der Waals surface area contributed by atoms with Gasteiger partial charge in [-0.1, -0.05) is 127 Å². The van der Waals surface area contributed by atoms with E-state index in [1.165, 1.54) is 76.2 Å². The van der Waals surface area contributed by atoms with E-state index >= 15 is 0 Å². The molecule has 0 unspecified atom stereocenters. The van der Waals surface area contributed by atoms with E-state index in [0.29, 0.717) is 0 Å². The summed E-state index contributed by atoms with van der Waals surface area (Å²) in [6.45, 7) is 0. The van der Waals surface area contributed by atoms with Gasteiger partial charge in [-0.15, -0.1) is 11.3 Å². The Kier molecular flexibility index (Phi) is 6.44. The lowest BCUT2D eigenvalue weighted by molar-refractivity contribution is 0.997. The molecule has 1 aliphatic rings. The maximum Gasteiger partial charge on any atom is 0.0548 e. The molecule has 0 aliphatic heterocycles. The van der Waals surface area contributed by atoms with Crippen molar-refractivity contribution in [1.29, 1.82) is 0 Å². The van der Waals surface area contributed by atoms with Gasteiger partial charge in [-0.3, -0.25) is 0 Å². The largest absolute Gasteiger partial charge is 0.309 e. The average molecular weight is 604 g/mol. The predicted molar refractivity (Wildman–Crippen MR) is 195 cm³/mol. The number of fused-ring (bicyclic) bond motifs is 4. The highest BCUT2D eigenvalue weighted by molar-refractivity contribution is 7.19. The van der Waals surface area contributed by atoms with Gasteiger partial charge in [0.15, 0.2) is 0 Å². The first-order valence-corrected chi connectivity index (χ1v) is 16.7. The molecule has 1 nitrogen and oxygen atoms in total. The molecule has 0 atom stereocenters. The predicted octanol–water partition coefficient (Wildman–Crippen LogP) is 12.1. The Morgan fingerprint density at radius 2 is 1.37 bits per heavy atom. The van der Waals surface area contributed by atoms with Gasteiger partial charge >= 0.3 is 0 Å². The molecule has 46 heavy (non-hydrogen) atoms. The lowest BCUT2D eigenvalue weighted by Crippen LogP contribution is -1.96. The standard InChI is InChI=1S/C44H29NS/c1-4-16-30(17-5-1)33-22-10-11-23-35(33)43-36-24-12-13-25-37(36)44(46-43)42-34(31-18-6-2-7-19-31)28-29-40-41(42)38-26-14-15-27-39(38)45(40)32-20-8-3-9-21-32/h1-6,8-12,14-18,20-24,26-29H,13,25H2. The summed E-state index contributed by atoms with van der Waals surface area (Å²) in [5, 5.41) is 2.55. The molecule has 2 aromatic heterocycles. The molecular formula is C44H29NS. The average Bonchev–Trinajstić information content (AvgIpc) is 3.69. The minimum Gasteiger partial charge on any atom is -0.309 e. The molecule has 9 rings (SSSR count). The van der Waals surface area contributed by atoms with Crippen molar-refractivity contribution >= 4 is 39.2 Å². The zero-order chi connectivity index (χ0) is 30.5. The van der Waals surface area contributed by atoms with Gasteiger partial charge in [0.2, 0.25) is 0 Å². The Morgan fingerprint density at radius 1 is 0.609 bits per heavy atom. The topological polar surface area (TPSA) is 4.93 Å². The van der Waals surface area contributed by atoms with Crippen LogP contribution in [0.4, 0.5) is 0 Å². The Labute approximate surface area is 273 Å². The minimum atomic E-state index is 1.02. The van der Waals surface area contributed by atoms with Crippen LogP contribution in [-0.4, -0.2) is 4.57 Å². The Balaban J connectivity index is 1.41. The van der Waals surface area contributed by atoms with Crippen LogP contribution in [0.25, 0.3) is 76.7 Å². The molecule has 2 heteroatoms.